The van der Waals surface area contributed by atoms with Crippen molar-refractivity contribution in [1.82, 2.24) is 14.8 Å². The average molecular weight is 530 g/mol. The van der Waals surface area contributed by atoms with Crippen molar-refractivity contribution in [2.45, 2.75) is 0 Å². The van der Waals surface area contributed by atoms with E-state index in [1.54, 1.807) is 24.3 Å². The Morgan fingerprint density at radius 1 is 1.06 bits per heavy atom. The fourth-order valence-electron chi connectivity index (χ4n) is 3.76. The number of carbonyl (C=O) groups is 1. The molecule has 1 amide bonds. The lowest BCUT2D eigenvalue weighted by molar-refractivity contribution is 0.102. The number of halogens is 1. The molecular formula is C25H28ClN5O4S. The van der Waals surface area contributed by atoms with Gasteiger partial charge in [0.25, 0.3) is 5.91 Å². The minimum atomic E-state index is -3.70. The van der Waals surface area contributed by atoms with E-state index >= 15 is 0 Å². The molecule has 11 heteroatoms. The van der Waals surface area contributed by atoms with Crippen LogP contribution in [0, 0.1) is 0 Å². The number of hydrogen-bond acceptors (Lipinski definition) is 7. The van der Waals surface area contributed by atoms with Crippen molar-refractivity contribution in [3.05, 3.63) is 71.4 Å². The van der Waals surface area contributed by atoms with Gasteiger partial charge >= 0.3 is 0 Å². The van der Waals surface area contributed by atoms with E-state index in [1.807, 2.05) is 19.2 Å². The molecule has 2 heterocycles. The lowest BCUT2D eigenvalue weighted by atomic mass is 10.1. The first-order valence-electron chi connectivity index (χ1n) is 11.5. The molecule has 1 aromatic heterocycles. The molecule has 3 aromatic rings. The Morgan fingerprint density at radius 3 is 2.44 bits per heavy atom. The third-order valence-corrected chi connectivity index (χ3v) is 7.46. The van der Waals surface area contributed by atoms with Gasteiger partial charge in [-0.25, -0.2) is 8.42 Å². The molecule has 1 fully saturated rings. The number of likely N-dealkylation sites (N-methyl/N-ethyl adjacent to an activating group) is 1. The summed E-state index contributed by atoms with van der Waals surface area (Å²) in [5.41, 5.74) is 2.23. The zero-order chi connectivity index (χ0) is 25.7. The van der Waals surface area contributed by atoms with Crippen LogP contribution in [0.4, 0.5) is 11.4 Å². The smallest absolute Gasteiger partial charge is 0.257 e. The van der Waals surface area contributed by atoms with E-state index in [-0.39, 0.29) is 17.2 Å². The van der Waals surface area contributed by atoms with Crippen LogP contribution in [0.5, 0.6) is 5.75 Å². The highest BCUT2D eigenvalue weighted by Gasteiger charge is 2.19. The summed E-state index contributed by atoms with van der Waals surface area (Å²) < 4.78 is 27.7. The molecule has 0 aliphatic carbocycles. The standard InChI is InChI=1S/C25H28ClN5O4S/c1-30-10-12-31(13-11-30)14-15-36(34,35)29-23-16-21(7-9-24(23)32)28-25(33)19-4-8-22(27-17-19)18-2-5-20(26)6-3-18/h2-9,16-17,29,32H,10-15H2,1H3,(H,28,33). The summed E-state index contributed by atoms with van der Waals surface area (Å²) in [7, 11) is -1.66. The Hall–Kier alpha value is -3.18. The molecule has 0 atom stereocenters. The highest BCUT2D eigenvalue weighted by atomic mass is 35.5. The number of nitrogens with one attached hydrogen (secondary N) is 2. The summed E-state index contributed by atoms with van der Waals surface area (Å²) in [5, 5.41) is 13.5. The van der Waals surface area contributed by atoms with Crippen LogP contribution < -0.4 is 10.0 Å². The topological polar surface area (TPSA) is 115 Å². The molecule has 1 saturated heterocycles. The van der Waals surface area contributed by atoms with Crippen molar-refractivity contribution >= 4 is 38.9 Å². The van der Waals surface area contributed by atoms with Crippen LogP contribution in [0.25, 0.3) is 11.3 Å². The van der Waals surface area contributed by atoms with E-state index in [0.29, 0.717) is 28.5 Å². The maximum absolute atomic E-state index is 12.7. The molecule has 1 aliphatic heterocycles. The Bertz CT molecular complexity index is 1310. The third kappa shape index (κ3) is 6.94. The SMILES string of the molecule is CN1CCN(CCS(=O)(=O)Nc2cc(NC(=O)c3ccc(-c4ccc(Cl)cc4)nc3)ccc2O)CC1. The molecule has 190 valence electrons. The van der Waals surface area contributed by atoms with Crippen LogP contribution in [-0.4, -0.2) is 79.7 Å². The van der Waals surface area contributed by atoms with Crippen LogP contribution >= 0.6 is 11.6 Å². The second kappa shape index (κ2) is 11.3. The van der Waals surface area contributed by atoms with Gasteiger partial charge in [-0.1, -0.05) is 23.7 Å². The third-order valence-electron chi connectivity index (χ3n) is 5.96. The Balaban J connectivity index is 1.38. The second-order valence-electron chi connectivity index (χ2n) is 8.69. The molecular weight excluding hydrogens is 502 g/mol. The molecule has 0 spiro atoms. The molecule has 0 unspecified atom stereocenters. The van der Waals surface area contributed by atoms with Crippen molar-refractivity contribution in [2.24, 2.45) is 0 Å². The van der Waals surface area contributed by atoms with Crippen molar-refractivity contribution in [1.29, 1.82) is 0 Å². The summed E-state index contributed by atoms with van der Waals surface area (Å²) in [6.45, 7) is 3.83. The number of carbonyl (C=O) groups excluding carboxylic acids is 1. The number of pyridine rings is 1. The molecule has 0 saturated carbocycles. The van der Waals surface area contributed by atoms with Crippen molar-refractivity contribution < 1.29 is 18.3 Å². The minimum Gasteiger partial charge on any atom is -0.506 e. The first kappa shape index (κ1) is 25.9. The monoisotopic (exact) mass is 529 g/mol. The normalized spacial score (nSPS) is 14.9. The maximum Gasteiger partial charge on any atom is 0.257 e. The molecule has 36 heavy (non-hydrogen) atoms. The largest absolute Gasteiger partial charge is 0.506 e. The van der Waals surface area contributed by atoms with Gasteiger partial charge in [-0.3, -0.25) is 19.4 Å². The van der Waals surface area contributed by atoms with E-state index < -0.39 is 15.9 Å². The van der Waals surface area contributed by atoms with E-state index in [9.17, 15) is 18.3 Å². The van der Waals surface area contributed by atoms with Gasteiger partial charge in [0.15, 0.2) is 0 Å². The van der Waals surface area contributed by atoms with Crippen molar-refractivity contribution in [2.75, 3.05) is 55.6 Å². The van der Waals surface area contributed by atoms with Gasteiger partial charge in [-0.05, 0) is 49.5 Å². The fourth-order valence-corrected chi connectivity index (χ4v) is 4.98. The molecule has 4 rings (SSSR count). The van der Waals surface area contributed by atoms with Gasteiger partial charge < -0.3 is 15.3 Å². The Labute approximate surface area is 215 Å². The molecule has 0 radical (unpaired) electrons. The molecule has 9 nitrogen and oxygen atoms in total. The maximum atomic E-state index is 12.7. The predicted octanol–water partition coefficient (Wildman–Crippen LogP) is 3.35. The first-order valence-corrected chi connectivity index (χ1v) is 13.5. The number of amides is 1. The van der Waals surface area contributed by atoms with Gasteiger partial charge in [-0.2, -0.15) is 0 Å². The predicted molar refractivity (Wildman–Crippen MR) is 142 cm³/mol. The quantitative estimate of drug-likeness (QED) is 0.303. The number of phenolic OH excluding ortho intramolecular Hbond substituents is 1. The van der Waals surface area contributed by atoms with E-state index in [0.717, 1.165) is 31.7 Å². The van der Waals surface area contributed by atoms with Gasteiger partial charge in [0.2, 0.25) is 10.0 Å². The lowest BCUT2D eigenvalue weighted by Crippen LogP contribution is -2.46. The number of hydrogen-bond donors (Lipinski definition) is 3. The Morgan fingerprint density at radius 2 is 1.78 bits per heavy atom. The van der Waals surface area contributed by atoms with E-state index in [1.165, 1.54) is 24.4 Å². The highest BCUT2D eigenvalue weighted by molar-refractivity contribution is 7.92. The number of benzene rings is 2. The molecule has 2 aromatic carbocycles. The summed E-state index contributed by atoms with van der Waals surface area (Å²) >= 11 is 5.92. The van der Waals surface area contributed by atoms with Crippen LogP contribution in [-0.2, 0) is 10.0 Å². The number of rotatable bonds is 8. The second-order valence-corrected chi connectivity index (χ2v) is 11.0. The number of nitrogens with zero attached hydrogens (tertiary/aromatic N) is 3. The zero-order valence-electron chi connectivity index (χ0n) is 19.8. The van der Waals surface area contributed by atoms with Crippen LogP contribution in [0.2, 0.25) is 5.02 Å². The number of phenols is 1. The van der Waals surface area contributed by atoms with Crippen LogP contribution in [0.15, 0.2) is 60.8 Å². The molecule has 3 N–H and O–H groups in total. The van der Waals surface area contributed by atoms with Crippen molar-refractivity contribution in [3.8, 4) is 17.0 Å². The van der Waals surface area contributed by atoms with Gasteiger partial charge in [0.1, 0.15) is 5.75 Å². The molecule has 0 bridgehead atoms. The lowest BCUT2D eigenvalue weighted by Gasteiger charge is -2.32. The van der Waals surface area contributed by atoms with Gasteiger partial charge in [-0.15, -0.1) is 0 Å². The average Bonchev–Trinajstić information content (AvgIpc) is 2.86. The Kier molecular flexibility index (Phi) is 8.10. The van der Waals surface area contributed by atoms with Gasteiger partial charge in [0, 0.05) is 55.2 Å². The van der Waals surface area contributed by atoms with E-state index in [4.69, 9.17) is 11.6 Å². The minimum absolute atomic E-state index is 0.00221. The number of aromatic hydroxyl groups is 1. The molecule has 1 aliphatic rings. The number of piperazine rings is 1. The summed E-state index contributed by atoms with van der Waals surface area (Å²) in [5.74, 6) is -0.747. The number of aromatic nitrogens is 1. The van der Waals surface area contributed by atoms with E-state index in [2.05, 4.69) is 24.8 Å². The highest BCUT2D eigenvalue weighted by Crippen LogP contribution is 2.28. The van der Waals surface area contributed by atoms with Crippen LogP contribution in [0.1, 0.15) is 10.4 Å². The fraction of sp³-hybridized carbons (Fsp3) is 0.280. The van der Waals surface area contributed by atoms with Crippen LogP contribution in [0.3, 0.4) is 0 Å². The zero-order valence-corrected chi connectivity index (χ0v) is 21.4. The summed E-state index contributed by atoms with van der Waals surface area (Å²) in [6, 6.07) is 14.8. The number of sulfonamides is 1. The van der Waals surface area contributed by atoms with Gasteiger partial charge in [0.05, 0.1) is 22.7 Å². The number of anilines is 2. The van der Waals surface area contributed by atoms with Crippen molar-refractivity contribution in [3.63, 3.8) is 0 Å². The first-order chi connectivity index (χ1) is 17.2. The summed E-state index contributed by atoms with van der Waals surface area (Å²) in [6.07, 6.45) is 1.46. The summed E-state index contributed by atoms with van der Waals surface area (Å²) in [4.78, 5) is 21.4.